The highest BCUT2D eigenvalue weighted by Gasteiger charge is 2.25. The van der Waals surface area contributed by atoms with E-state index in [-0.39, 0.29) is 0 Å². The van der Waals surface area contributed by atoms with Crippen molar-refractivity contribution in [3.8, 4) is 0 Å². The second-order valence-corrected chi connectivity index (χ2v) is 7.08. The van der Waals surface area contributed by atoms with Crippen LogP contribution < -0.4 is 5.32 Å². The van der Waals surface area contributed by atoms with Gasteiger partial charge in [-0.15, -0.1) is 0 Å². The highest BCUT2D eigenvalue weighted by atomic mass is 14.9. The molecular weight excluding hydrogens is 314 g/mol. The fourth-order valence-electron chi connectivity index (χ4n) is 3.21. The van der Waals surface area contributed by atoms with Gasteiger partial charge in [-0.05, 0) is 48.0 Å². The highest BCUT2D eigenvalue weighted by molar-refractivity contribution is 5.46. The molecule has 1 heteroatoms. The lowest BCUT2D eigenvalue weighted by Gasteiger charge is -2.19. The molecule has 0 aromatic heterocycles. The fraction of sp³-hybridized carbons (Fsp3) is 0.280. The second kappa shape index (κ2) is 9.82. The van der Waals surface area contributed by atoms with E-state index >= 15 is 0 Å². The van der Waals surface area contributed by atoms with E-state index in [0.29, 0.717) is 11.8 Å². The highest BCUT2D eigenvalue weighted by Crippen LogP contribution is 2.39. The van der Waals surface area contributed by atoms with Crippen LogP contribution in [0, 0.1) is 5.92 Å². The van der Waals surface area contributed by atoms with Crippen LogP contribution in [0.15, 0.2) is 97.4 Å². The monoisotopic (exact) mass is 345 g/mol. The Morgan fingerprint density at radius 2 is 2.04 bits per heavy atom. The van der Waals surface area contributed by atoms with Crippen LogP contribution in [0.25, 0.3) is 0 Å². The number of nitrogens with one attached hydrogen (secondary N) is 1. The molecule has 0 aliphatic heterocycles. The Balaban J connectivity index is 2.09. The first kappa shape index (κ1) is 19.8. The van der Waals surface area contributed by atoms with Crippen molar-refractivity contribution in [3.05, 3.63) is 109 Å². The standard InChI is InChI=1S/C25H31N/c1-6-7-8-9-13-23(17-15-19(2)3)26-21(5)20(4)24-18-16-22-12-10-11-14-25(22)24/h6-8,10-15,17,19,24,26H,1,4-5,9,16,18H2,2-3H3/b8-7-,17-15-,23-13+. The van der Waals surface area contributed by atoms with Gasteiger partial charge in [0.1, 0.15) is 0 Å². The lowest BCUT2D eigenvalue weighted by molar-refractivity contribution is 0.764. The van der Waals surface area contributed by atoms with E-state index in [1.54, 1.807) is 6.08 Å². The number of benzene rings is 1. The summed E-state index contributed by atoms with van der Waals surface area (Å²) in [5.74, 6) is 0.865. The van der Waals surface area contributed by atoms with E-state index < -0.39 is 0 Å². The van der Waals surface area contributed by atoms with Gasteiger partial charge in [0.05, 0.1) is 0 Å². The van der Waals surface area contributed by atoms with Crippen molar-refractivity contribution in [2.75, 3.05) is 0 Å². The number of hydrogen-bond donors (Lipinski definition) is 1. The smallest absolute Gasteiger partial charge is 0.0343 e. The normalized spacial score (nSPS) is 17.0. The molecule has 0 spiro atoms. The molecule has 0 fully saturated rings. The van der Waals surface area contributed by atoms with Crippen LogP contribution in [0.1, 0.15) is 43.7 Å². The molecule has 1 atom stereocenters. The largest absolute Gasteiger partial charge is 0.356 e. The van der Waals surface area contributed by atoms with E-state index in [1.807, 2.05) is 6.08 Å². The van der Waals surface area contributed by atoms with Gasteiger partial charge >= 0.3 is 0 Å². The maximum absolute atomic E-state index is 4.35. The fourth-order valence-corrected chi connectivity index (χ4v) is 3.21. The summed E-state index contributed by atoms with van der Waals surface area (Å²) in [6, 6.07) is 8.68. The zero-order chi connectivity index (χ0) is 18.9. The lowest BCUT2D eigenvalue weighted by Crippen LogP contribution is -2.15. The molecule has 0 bridgehead atoms. The molecule has 0 radical (unpaired) electrons. The van der Waals surface area contributed by atoms with Crippen LogP contribution in [-0.2, 0) is 6.42 Å². The lowest BCUT2D eigenvalue weighted by atomic mass is 9.92. The summed E-state index contributed by atoms with van der Waals surface area (Å²) in [6.45, 7) is 16.7. The minimum Gasteiger partial charge on any atom is -0.356 e. The Hall–Kier alpha value is -2.54. The molecule has 0 amide bonds. The minimum atomic E-state index is 0.363. The van der Waals surface area contributed by atoms with Gasteiger partial charge in [0.2, 0.25) is 0 Å². The van der Waals surface area contributed by atoms with Gasteiger partial charge in [-0.2, -0.15) is 0 Å². The summed E-state index contributed by atoms with van der Waals surface area (Å²) in [7, 11) is 0. The van der Waals surface area contributed by atoms with Gasteiger partial charge in [-0.3, -0.25) is 0 Å². The molecule has 1 aliphatic rings. The van der Waals surface area contributed by atoms with Gasteiger partial charge in [-0.25, -0.2) is 0 Å². The van der Waals surface area contributed by atoms with Crippen molar-refractivity contribution in [2.45, 2.75) is 39.0 Å². The molecule has 26 heavy (non-hydrogen) atoms. The van der Waals surface area contributed by atoms with Gasteiger partial charge in [0.15, 0.2) is 0 Å². The zero-order valence-corrected chi connectivity index (χ0v) is 16.2. The molecule has 2 rings (SSSR count). The van der Waals surface area contributed by atoms with Gasteiger partial charge in [-0.1, -0.05) is 88.2 Å². The zero-order valence-electron chi connectivity index (χ0n) is 16.2. The van der Waals surface area contributed by atoms with Crippen molar-refractivity contribution < 1.29 is 0 Å². The average molecular weight is 346 g/mol. The predicted molar refractivity (Wildman–Crippen MR) is 115 cm³/mol. The Labute approximate surface area is 159 Å². The number of allylic oxidation sites excluding steroid dienone is 7. The van der Waals surface area contributed by atoms with Gasteiger partial charge < -0.3 is 5.32 Å². The van der Waals surface area contributed by atoms with Crippen molar-refractivity contribution in [1.29, 1.82) is 0 Å². The van der Waals surface area contributed by atoms with E-state index in [9.17, 15) is 0 Å². The first-order valence-electron chi connectivity index (χ1n) is 9.41. The molecular formula is C25H31N. The summed E-state index contributed by atoms with van der Waals surface area (Å²) in [6.07, 6.45) is 15.4. The SMILES string of the molecule is C=C/C=C\C/C=C(\C=C/C(C)C)NC(=C)C(=C)C1CCc2ccccc21. The molecule has 1 aliphatic carbocycles. The van der Waals surface area contributed by atoms with Crippen molar-refractivity contribution in [1.82, 2.24) is 5.32 Å². The molecule has 0 saturated carbocycles. The first-order valence-corrected chi connectivity index (χ1v) is 9.41. The topological polar surface area (TPSA) is 12.0 Å². The summed E-state index contributed by atoms with van der Waals surface area (Å²) in [4.78, 5) is 0. The molecule has 1 nitrogen and oxygen atoms in total. The summed E-state index contributed by atoms with van der Waals surface area (Å²) in [5.41, 5.74) is 5.89. The first-order chi connectivity index (χ1) is 12.5. The number of rotatable bonds is 9. The second-order valence-electron chi connectivity index (χ2n) is 7.08. The van der Waals surface area contributed by atoms with Crippen LogP contribution in [0.5, 0.6) is 0 Å². The number of hydrogen-bond acceptors (Lipinski definition) is 1. The molecule has 1 N–H and O–H groups in total. The molecule has 1 aromatic carbocycles. The van der Waals surface area contributed by atoms with Crippen LogP contribution in [0.2, 0.25) is 0 Å². The van der Waals surface area contributed by atoms with Gasteiger partial charge in [0, 0.05) is 17.3 Å². The third-order valence-corrected chi connectivity index (χ3v) is 4.64. The van der Waals surface area contributed by atoms with E-state index in [1.165, 1.54) is 11.1 Å². The Bertz CT molecular complexity index is 743. The molecule has 0 heterocycles. The Morgan fingerprint density at radius 1 is 1.27 bits per heavy atom. The summed E-state index contributed by atoms with van der Waals surface area (Å²) < 4.78 is 0. The third-order valence-electron chi connectivity index (χ3n) is 4.64. The van der Waals surface area contributed by atoms with Crippen molar-refractivity contribution in [3.63, 3.8) is 0 Å². The molecule has 0 saturated heterocycles. The Kier molecular flexibility index (Phi) is 7.47. The molecule has 1 unspecified atom stereocenters. The number of fused-ring (bicyclic) bond motifs is 1. The third kappa shape index (κ3) is 5.49. The van der Waals surface area contributed by atoms with Crippen molar-refractivity contribution in [2.24, 2.45) is 5.92 Å². The maximum atomic E-state index is 4.35. The van der Waals surface area contributed by atoms with E-state index in [0.717, 1.165) is 36.2 Å². The predicted octanol–water partition coefficient (Wildman–Crippen LogP) is 6.60. The van der Waals surface area contributed by atoms with Crippen LogP contribution in [0.3, 0.4) is 0 Å². The van der Waals surface area contributed by atoms with Crippen molar-refractivity contribution >= 4 is 0 Å². The Morgan fingerprint density at radius 3 is 2.77 bits per heavy atom. The van der Waals surface area contributed by atoms with E-state index in [4.69, 9.17) is 0 Å². The van der Waals surface area contributed by atoms with E-state index in [2.05, 4.69) is 87.5 Å². The van der Waals surface area contributed by atoms with Gasteiger partial charge in [0.25, 0.3) is 0 Å². The van der Waals surface area contributed by atoms with Crippen LogP contribution >= 0.6 is 0 Å². The van der Waals surface area contributed by atoms with Crippen LogP contribution in [0.4, 0.5) is 0 Å². The quantitative estimate of drug-likeness (QED) is 0.497. The average Bonchev–Trinajstić information content (AvgIpc) is 3.06. The molecule has 136 valence electrons. The minimum absolute atomic E-state index is 0.363. The summed E-state index contributed by atoms with van der Waals surface area (Å²) >= 11 is 0. The van der Waals surface area contributed by atoms with Crippen LogP contribution in [-0.4, -0.2) is 0 Å². The summed E-state index contributed by atoms with van der Waals surface area (Å²) in [5, 5.41) is 3.48. The number of aryl methyl sites for hydroxylation is 1. The molecule has 1 aromatic rings. The maximum Gasteiger partial charge on any atom is 0.0343 e.